The molecule has 0 unspecified atom stereocenters. The molecule has 3 atom stereocenters. The van der Waals surface area contributed by atoms with E-state index in [2.05, 4.69) is 22.0 Å². The van der Waals surface area contributed by atoms with E-state index in [1.165, 1.54) is 6.42 Å². The predicted octanol–water partition coefficient (Wildman–Crippen LogP) is 0.975. The molecule has 6 heteroatoms. The van der Waals surface area contributed by atoms with Crippen molar-refractivity contribution in [3.05, 3.63) is 12.2 Å². The molecule has 0 amide bonds. The molecule has 6 nitrogen and oxygen atoms in total. The minimum atomic E-state index is -0.188. The molecule has 1 aliphatic carbocycles. The Morgan fingerprint density at radius 3 is 3.05 bits per heavy atom. The van der Waals surface area contributed by atoms with Gasteiger partial charge in [0.05, 0.1) is 12.7 Å². The quantitative estimate of drug-likeness (QED) is 0.894. The zero-order chi connectivity index (χ0) is 13.9. The summed E-state index contributed by atoms with van der Waals surface area (Å²) in [6, 6.07) is 0.285. The van der Waals surface area contributed by atoms with Gasteiger partial charge in [0.1, 0.15) is 12.4 Å². The molecule has 1 aromatic heterocycles. The third-order valence-electron chi connectivity index (χ3n) is 4.53. The molecular formula is C14H24N4O2. The number of aromatic nitrogens is 3. The van der Waals surface area contributed by atoms with Gasteiger partial charge in [0.25, 0.3) is 0 Å². The van der Waals surface area contributed by atoms with Crippen molar-refractivity contribution in [2.45, 2.75) is 57.4 Å². The predicted molar refractivity (Wildman–Crippen MR) is 74.2 cm³/mol. The first-order valence-electron chi connectivity index (χ1n) is 7.71. The molecule has 2 heterocycles. The molecule has 112 valence electrons. The van der Waals surface area contributed by atoms with E-state index in [9.17, 15) is 5.11 Å². The number of ether oxygens (including phenoxy) is 1. The summed E-state index contributed by atoms with van der Waals surface area (Å²) >= 11 is 0. The van der Waals surface area contributed by atoms with Crippen molar-refractivity contribution < 1.29 is 9.84 Å². The minimum absolute atomic E-state index is 0.0275. The Labute approximate surface area is 119 Å². The van der Waals surface area contributed by atoms with Crippen molar-refractivity contribution in [1.29, 1.82) is 0 Å². The Bertz CT molecular complexity index is 437. The molecule has 1 N–H and O–H groups in total. The number of hydrogen-bond donors (Lipinski definition) is 1. The van der Waals surface area contributed by atoms with Gasteiger partial charge in [-0.3, -0.25) is 4.90 Å². The lowest BCUT2D eigenvalue weighted by Crippen LogP contribution is -2.51. The van der Waals surface area contributed by atoms with E-state index >= 15 is 0 Å². The van der Waals surface area contributed by atoms with E-state index in [-0.39, 0.29) is 18.2 Å². The maximum absolute atomic E-state index is 10.2. The monoisotopic (exact) mass is 280 g/mol. The van der Waals surface area contributed by atoms with E-state index in [0.717, 1.165) is 44.7 Å². The largest absolute Gasteiger partial charge is 0.391 e. The zero-order valence-electron chi connectivity index (χ0n) is 12.1. The molecule has 0 radical (unpaired) electrons. The third-order valence-corrected chi connectivity index (χ3v) is 4.53. The third kappa shape index (κ3) is 2.73. The number of rotatable bonds is 3. The molecule has 20 heavy (non-hydrogen) atoms. The normalized spacial score (nSPS) is 32.4. The highest BCUT2D eigenvalue weighted by Crippen LogP contribution is 2.28. The topological polar surface area (TPSA) is 63.4 Å². The molecule has 2 aliphatic rings. The molecule has 1 saturated heterocycles. The molecule has 0 spiro atoms. The molecule has 1 saturated carbocycles. The van der Waals surface area contributed by atoms with Gasteiger partial charge in [0.15, 0.2) is 5.82 Å². The molecular weight excluding hydrogens is 256 g/mol. The molecule has 1 aromatic rings. The standard InChI is InChI=1S/C14H24N4O2/c1-2-17-10-15-16-14(17)13-9-18(7-8-20-13)11-5-3-4-6-12(11)19/h10-13,19H,2-9H2,1H3/t11-,12+,13-/m0/s1. The highest BCUT2D eigenvalue weighted by molar-refractivity contribution is 4.96. The van der Waals surface area contributed by atoms with Crippen LogP contribution in [0, 0.1) is 0 Å². The summed E-state index contributed by atoms with van der Waals surface area (Å²) in [4.78, 5) is 2.38. The second kappa shape index (κ2) is 6.20. The van der Waals surface area contributed by atoms with Crippen molar-refractivity contribution in [3.63, 3.8) is 0 Å². The molecule has 0 bridgehead atoms. The summed E-state index contributed by atoms with van der Waals surface area (Å²) in [5, 5.41) is 18.4. The SMILES string of the molecule is CCn1cnnc1[C@@H]1CN([C@H]2CCCC[C@H]2O)CCO1. The fraction of sp³-hybridized carbons (Fsp3) is 0.857. The van der Waals surface area contributed by atoms with Crippen LogP contribution >= 0.6 is 0 Å². The van der Waals surface area contributed by atoms with Gasteiger partial charge in [-0.1, -0.05) is 12.8 Å². The van der Waals surface area contributed by atoms with E-state index in [4.69, 9.17) is 4.74 Å². The summed E-state index contributed by atoms with van der Waals surface area (Å²) in [7, 11) is 0. The van der Waals surface area contributed by atoms with Crippen LogP contribution in [-0.4, -0.2) is 56.6 Å². The Morgan fingerprint density at radius 2 is 2.25 bits per heavy atom. The lowest BCUT2D eigenvalue weighted by Gasteiger charge is -2.41. The summed E-state index contributed by atoms with van der Waals surface area (Å²) < 4.78 is 7.91. The van der Waals surface area contributed by atoms with Gasteiger partial charge in [-0.15, -0.1) is 10.2 Å². The van der Waals surface area contributed by atoms with Gasteiger partial charge in [-0.2, -0.15) is 0 Å². The van der Waals surface area contributed by atoms with E-state index in [1.807, 2.05) is 4.57 Å². The molecule has 1 aliphatic heterocycles. The first-order valence-corrected chi connectivity index (χ1v) is 7.71. The first kappa shape index (κ1) is 14.0. The molecule has 2 fully saturated rings. The van der Waals surface area contributed by atoms with Gasteiger partial charge in [0.2, 0.25) is 0 Å². The van der Waals surface area contributed by atoms with E-state index < -0.39 is 0 Å². The van der Waals surface area contributed by atoms with Crippen LogP contribution < -0.4 is 0 Å². The lowest BCUT2D eigenvalue weighted by atomic mass is 9.91. The van der Waals surface area contributed by atoms with Crippen LogP contribution in [0.15, 0.2) is 6.33 Å². The average Bonchev–Trinajstić information content (AvgIpc) is 2.96. The Morgan fingerprint density at radius 1 is 1.40 bits per heavy atom. The van der Waals surface area contributed by atoms with Crippen molar-refractivity contribution in [3.8, 4) is 0 Å². The lowest BCUT2D eigenvalue weighted by molar-refractivity contribution is -0.0786. The number of aryl methyl sites for hydroxylation is 1. The first-order chi connectivity index (χ1) is 9.79. The van der Waals surface area contributed by atoms with Crippen LogP contribution in [0.5, 0.6) is 0 Å². The summed E-state index contributed by atoms with van der Waals surface area (Å²) in [6.07, 6.45) is 5.93. The summed E-state index contributed by atoms with van der Waals surface area (Å²) in [5.41, 5.74) is 0. The van der Waals surface area contributed by atoms with Crippen LogP contribution in [0.3, 0.4) is 0 Å². The van der Waals surface area contributed by atoms with Crippen molar-refractivity contribution >= 4 is 0 Å². The number of hydrogen-bond acceptors (Lipinski definition) is 5. The van der Waals surface area contributed by atoms with Crippen LogP contribution in [0.2, 0.25) is 0 Å². The van der Waals surface area contributed by atoms with Crippen molar-refractivity contribution in [2.24, 2.45) is 0 Å². The van der Waals surface area contributed by atoms with E-state index in [0.29, 0.717) is 6.61 Å². The van der Waals surface area contributed by atoms with Gasteiger partial charge >= 0.3 is 0 Å². The zero-order valence-corrected chi connectivity index (χ0v) is 12.1. The Kier molecular flexibility index (Phi) is 4.33. The number of aliphatic hydroxyl groups excluding tert-OH is 1. The van der Waals surface area contributed by atoms with Crippen molar-refractivity contribution in [1.82, 2.24) is 19.7 Å². The smallest absolute Gasteiger partial charge is 0.163 e. The second-order valence-electron chi connectivity index (χ2n) is 5.75. The van der Waals surface area contributed by atoms with Gasteiger partial charge in [-0.25, -0.2) is 0 Å². The average molecular weight is 280 g/mol. The van der Waals surface area contributed by atoms with Gasteiger partial charge < -0.3 is 14.4 Å². The minimum Gasteiger partial charge on any atom is -0.391 e. The Hall–Kier alpha value is -0.980. The Balaban J connectivity index is 1.70. The maximum atomic E-state index is 10.2. The number of morpholine rings is 1. The number of aliphatic hydroxyl groups is 1. The van der Waals surface area contributed by atoms with Crippen LogP contribution in [-0.2, 0) is 11.3 Å². The van der Waals surface area contributed by atoms with Crippen molar-refractivity contribution in [2.75, 3.05) is 19.7 Å². The highest BCUT2D eigenvalue weighted by Gasteiger charge is 2.34. The fourth-order valence-electron chi connectivity index (χ4n) is 3.40. The highest BCUT2D eigenvalue weighted by atomic mass is 16.5. The number of nitrogens with zero attached hydrogens (tertiary/aromatic N) is 4. The van der Waals surface area contributed by atoms with Crippen LogP contribution in [0.4, 0.5) is 0 Å². The molecule has 0 aromatic carbocycles. The maximum Gasteiger partial charge on any atom is 0.163 e. The van der Waals surface area contributed by atoms with Gasteiger partial charge in [0, 0.05) is 25.7 Å². The second-order valence-corrected chi connectivity index (χ2v) is 5.75. The van der Waals surface area contributed by atoms with Crippen LogP contribution in [0.25, 0.3) is 0 Å². The van der Waals surface area contributed by atoms with E-state index in [1.54, 1.807) is 6.33 Å². The van der Waals surface area contributed by atoms with Crippen LogP contribution in [0.1, 0.15) is 44.5 Å². The molecule has 3 rings (SSSR count). The summed E-state index contributed by atoms with van der Waals surface area (Å²) in [5.74, 6) is 0.905. The summed E-state index contributed by atoms with van der Waals surface area (Å²) in [6.45, 7) is 5.34. The van der Waals surface area contributed by atoms with Gasteiger partial charge in [-0.05, 0) is 19.8 Å². The fourth-order valence-corrected chi connectivity index (χ4v) is 3.40.